The first kappa shape index (κ1) is 18.6. The third-order valence-corrected chi connectivity index (χ3v) is 8.02. The molecule has 0 amide bonds. The second-order valence-electron chi connectivity index (χ2n) is 7.47. The van der Waals surface area contributed by atoms with Gasteiger partial charge in [0.1, 0.15) is 4.75 Å². The van der Waals surface area contributed by atoms with E-state index in [9.17, 15) is 8.42 Å². The maximum absolute atomic E-state index is 13.0. The SMILES string of the molecule is C[C@@H]1CC[C@H](Cc2nc(C(C)(C)S(=O)(=O)c3ccc(Br)cc3)no2)C1. The molecule has 2 aromatic rings. The van der Waals surface area contributed by atoms with Crippen LogP contribution in [0.15, 0.2) is 38.2 Å². The van der Waals surface area contributed by atoms with Gasteiger partial charge >= 0.3 is 0 Å². The minimum Gasteiger partial charge on any atom is -0.339 e. The molecule has 0 N–H and O–H groups in total. The second-order valence-corrected chi connectivity index (χ2v) is 10.9. The summed E-state index contributed by atoms with van der Waals surface area (Å²) < 4.78 is 31.0. The Morgan fingerprint density at radius 3 is 2.52 bits per heavy atom. The van der Waals surface area contributed by atoms with Crippen molar-refractivity contribution in [3.63, 3.8) is 0 Å². The van der Waals surface area contributed by atoms with E-state index < -0.39 is 14.6 Å². The quantitative estimate of drug-likeness (QED) is 0.702. The van der Waals surface area contributed by atoms with Gasteiger partial charge in [-0.1, -0.05) is 34.4 Å². The number of benzene rings is 1. The van der Waals surface area contributed by atoms with Crippen molar-refractivity contribution in [3.05, 3.63) is 40.5 Å². The highest BCUT2D eigenvalue weighted by Crippen LogP contribution is 2.35. The monoisotopic (exact) mass is 426 g/mol. The minimum atomic E-state index is -3.64. The first-order chi connectivity index (χ1) is 11.7. The summed E-state index contributed by atoms with van der Waals surface area (Å²) in [6.45, 7) is 5.50. The zero-order valence-electron chi connectivity index (χ0n) is 14.7. The van der Waals surface area contributed by atoms with Crippen molar-refractivity contribution in [1.82, 2.24) is 10.1 Å². The van der Waals surface area contributed by atoms with E-state index in [1.807, 2.05) is 0 Å². The van der Waals surface area contributed by atoms with E-state index in [-0.39, 0.29) is 10.7 Å². The molecule has 5 nitrogen and oxygen atoms in total. The molecule has 1 heterocycles. The van der Waals surface area contributed by atoms with Crippen LogP contribution in [0.4, 0.5) is 0 Å². The Morgan fingerprint density at radius 1 is 1.24 bits per heavy atom. The molecular weight excluding hydrogens is 404 g/mol. The highest BCUT2D eigenvalue weighted by molar-refractivity contribution is 9.10. The van der Waals surface area contributed by atoms with Crippen LogP contribution in [0.2, 0.25) is 0 Å². The molecule has 1 aliphatic carbocycles. The van der Waals surface area contributed by atoms with Gasteiger partial charge in [-0.05, 0) is 62.8 Å². The largest absolute Gasteiger partial charge is 0.339 e. The molecule has 0 unspecified atom stereocenters. The van der Waals surface area contributed by atoms with Gasteiger partial charge in [-0.3, -0.25) is 0 Å². The van der Waals surface area contributed by atoms with Crippen molar-refractivity contribution in [2.45, 2.75) is 56.1 Å². The third-order valence-electron chi connectivity index (χ3n) is 5.07. The average molecular weight is 427 g/mol. The van der Waals surface area contributed by atoms with E-state index >= 15 is 0 Å². The summed E-state index contributed by atoms with van der Waals surface area (Å²) in [5.74, 6) is 2.04. The summed E-state index contributed by atoms with van der Waals surface area (Å²) in [7, 11) is -3.64. The summed E-state index contributed by atoms with van der Waals surface area (Å²) in [4.78, 5) is 4.66. The van der Waals surface area contributed by atoms with E-state index in [2.05, 4.69) is 33.0 Å². The Kier molecular flexibility index (Phi) is 5.08. The van der Waals surface area contributed by atoms with Crippen molar-refractivity contribution in [1.29, 1.82) is 0 Å². The van der Waals surface area contributed by atoms with E-state index in [0.29, 0.717) is 11.8 Å². The van der Waals surface area contributed by atoms with Crippen molar-refractivity contribution in [3.8, 4) is 0 Å². The van der Waals surface area contributed by atoms with E-state index in [1.165, 1.54) is 12.8 Å². The van der Waals surface area contributed by atoms with Crippen LogP contribution in [0.1, 0.15) is 51.7 Å². The van der Waals surface area contributed by atoms with Crippen LogP contribution < -0.4 is 0 Å². The summed E-state index contributed by atoms with van der Waals surface area (Å²) in [6.07, 6.45) is 4.29. The Morgan fingerprint density at radius 2 is 1.92 bits per heavy atom. The first-order valence-corrected chi connectivity index (χ1v) is 10.8. The molecule has 1 aliphatic rings. The summed E-state index contributed by atoms with van der Waals surface area (Å²) >= 11 is 3.32. The molecule has 136 valence electrons. The molecule has 25 heavy (non-hydrogen) atoms. The van der Waals surface area contributed by atoms with Gasteiger partial charge in [0.15, 0.2) is 15.7 Å². The van der Waals surface area contributed by atoms with Crippen molar-refractivity contribution in [2.24, 2.45) is 11.8 Å². The molecule has 0 spiro atoms. The molecule has 0 bridgehead atoms. The Bertz CT molecular complexity index is 843. The zero-order chi connectivity index (χ0) is 18.2. The highest BCUT2D eigenvalue weighted by atomic mass is 79.9. The van der Waals surface area contributed by atoms with Crippen LogP contribution >= 0.6 is 15.9 Å². The number of hydrogen-bond acceptors (Lipinski definition) is 5. The lowest BCUT2D eigenvalue weighted by Crippen LogP contribution is -2.30. The van der Waals surface area contributed by atoms with Gasteiger partial charge in [-0.15, -0.1) is 0 Å². The standard InChI is InChI=1S/C18H23BrN2O3S/c1-12-4-5-13(10-12)11-16-20-17(21-24-16)18(2,3)25(22,23)15-8-6-14(19)7-9-15/h6-9,12-13H,4-5,10-11H2,1-3H3/t12-,13+/m1/s1. The maximum Gasteiger partial charge on any atom is 0.226 e. The predicted octanol–water partition coefficient (Wildman–Crippen LogP) is 4.52. The fourth-order valence-electron chi connectivity index (χ4n) is 3.37. The molecule has 2 atom stereocenters. The first-order valence-electron chi connectivity index (χ1n) is 8.53. The van der Waals surface area contributed by atoms with E-state index in [1.54, 1.807) is 38.1 Å². The minimum absolute atomic E-state index is 0.219. The normalized spacial score (nSPS) is 21.6. The van der Waals surface area contributed by atoms with E-state index in [4.69, 9.17) is 4.52 Å². The number of hydrogen-bond donors (Lipinski definition) is 0. The molecule has 1 fully saturated rings. The lowest BCUT2D eigenvalue weighted by Gasteiger charge is -2.21. The van der Waals surface area contributed by atoms with Gasteiger partial charge < -0.3 is 4.52 Å². The second kappa shape index (κ2) is 6.83. The van der Waals surface area contributed by atoms with E-state index in [0.717, 1.165) is 23.2 Å². The van der Waals surface area contributed by atoms with Crippen LogP contribution in [0.25, 0.3) is 0 Å². The molecule has 0 aliphatic heterocycles. The predicted molar refractivity (Wildman–Crippen MR) is 98.9 cm³/mol. The number of nitrogens with zero attached hydrogens (tertiary/aromatic N) is 2. The Balaban J connectivity index is 1.83. The molecular formula is C18H23BrN2O3S. The Hall–Kier alpha value is -1.21. The fourth-order valence-corrected chi connectivity index (χ4v) is 5.04. The Labute approximate surface area is 157 Å². The van der Waals surface area contributed by atoms with Gasteiger partial charge in [0.2, 0.25) is 5.89 Å². The van der Waals surface area contributed by atoms with Gasteiger partial charge in [0.25, 0.3) is 0 Å². The highest BCUT2D eigenvalue weighted by Gasteiger charge is 2.42. The molecule has 1 aromatic carbocycles. The van der Waals surface area contributed by atoms with Crippen molar-refractivity contribution in [2.75, 3.05) is 0 Å². The smallest absolute Gasteiger partial charge is 0.226 e. The van der Waals surface area contributed by atoms with Crippen molar-refractivity contribution >= 4 is 25.8 Å². The molecule has 7 heteroatoms. The number of sulfone groups is 1. The van der Waals surface area contributed by atoms with Crippen LogP contribution in [0.3, 0.4) is 0 Å². The third kappa shape index (κ3) is 3.67. The van der Waals surface area contributed by atoms with Gasteiger partial charge in [0.05, 0.1) is 4.90 Å². The van der Waals surface area contributed by atoms with Crippen LogP contribution in [0, 0.1) is 11.8 Å². The van der Waals surface area contributed by atoms with Crippen LogP contribution in [-0.2, 0) is 21.0 Å². The van der Waals surface area contributed by atoms with Gasteiger partial charge in [-0.25, -0.2) is 8.42 Å². The molecule has 0 radical (unpaired) electrons. The zero-order valence-corrected chi connectivity index (χ0v) is 17.1. The lowest BCUT2D eigenvalue weighted by molar-refractivity contribution is 0.344. The molecule has 3 rings (SSSR count). The van der Waals surface area contributed by atoms with Crippen LogP contribution in [0.5, 0.6) is 0 Å². The van der Waals surface area contributed by atoms with Crippen molar-refractivity contribution < 1.29 is 12.9 Å². The molecule has 0 saturated heterocycles. The molecule has 1 aromatic heterocycles. The van der Waals surface area contributed by atoms with Gasteiger partial charge in [-0.2, -0.15) is 4.98 Å². The summed E-state index contributed by atoms with van der Waals surface area (Å²) in [5.41, 5.74) is 0. The summed E-state index contributed by atoms with van der Waals surface area (Å²) in [6, 6.07) is 6.60. The molecule has 1 saturated carbocycles. The van der Waals surface area contributed by atoms with Gasteiger partial charge in [0, 0.05) is 10.9 Å². The average Bonchev–Trinajstić information content (AvgIpc) is 3.17. The topological polar surface area (TPSA) is 73.1 Å². The summed E-state index contributed by atoms with van der Waals surface area (Å²) in [5, 5.41) is 3.98. The lowest BCUT2D eigenvalue weighted by atomic mass is 10.0. The maximum atomic E-state index is 13.0. The number of rotatable bonds is 5. The van der Waals surface area contributed by atoms with Crippen LogP contribution in [-0.4, -0.2) is 18.6 Å². The fraction of sp³-hybridized carbons (Fsp3) is 0.556. The number of aromatic nitrogens is 2. The number of halogens is 1.